The molecule has 1 N–H and O–H groups in total. The molecule has 1 aromatic rings. The first-order valence-electron chi connectivity index (χ1n) is 5.93. The number of benzene rings is 1. The Bertz CT molecular complexity index is 527. The predicted octanol–water partition coefficient (Wildman–Crippen LogP) is 1.59. The van der Waals surface area contributed by atoms with Gasteiger partial charge in [0, 0.05) is 25.2 Å². The van der Waals surface area contributed by atoms with Gasteiger partial charge in [0.1, 0.15) is 5.82 Å². The highest BCUT2D eigenvalue weighted by atomic mass is 35.5. The summed E-state index contributed by atoms with van der Waals surface area (Å²) in [4.78, 5) is 23.5. The van der Waals surface area contributed by atoms with E-state index in [0.29, 0.717) is 13.1 Å². The van der Waals surface area contributed by atoms with E-state index in [4.69, 9.17) is 0 Å². The van der Waals surface area contributed by atoms with Crippen molar-refractivity contribution in [1.82, 2.24) is 10.2 Å². The fourth-order valence-corrected chi connectivity index (χ4v) is 2.14. The molecule has 1 atom stereocenters. The second kappa shape index (κ2) is 6.62. The summed E-state index contributed by atoms with van der Waals surface area (Å²) < 4.78 is 13.7. The standard InChI is InChI=1S/C12H14FN3O3.ClH/c1-14-8-4-5-15(7-8)12(17)10-3-2-9(16(18)19)6-11(10)13;/h2-3,6,8,14H,4-5,7H2,1H3;1H. The number of nitrogens with one attached hydrogen (secondary N) is 1. The van der Waals surface area contributed by atoms with E-state index >= 15 is 0 Å². The van der Waals surface area contributed by atoms with Crippen molar-refractivity contribution in [3.63, 3.8) is 0 Å². The van der Waals surface area contributed by atoms with Crippen LogP contribution in [-0.2, 0) is 0 Å². The summed E-state index contributed by atoms with van der Waals surface area (Å²) in [5.74, 6) is -1.28. The minimum absolute atomic E-state index is 0. The number of rotatable bonds is 3. The van der Waals surface area contributed by atoms with Crippen LogP contribution in [0.2, 0.25) is 0 Å². The van der Waals surface area contributed by atoms with E-state index < -0.39 is 16.6 Å². The van der Waals surface area contributed by atoms with Crippen molar-refractivity contribution in [2.45, 2.75) is 12.5 Å². The third kappa shape index (κ3) is 3.23. The van der Waals surface area contributed by atoms with Crippen molar-refractivity contribution < 1.29 is 14.1 Å². The molecule has 20 heavy (non-hydrogen) atoms. The van der Waals surface area contributed by atoms with Crippen molar-refractivity contribution >= 4 is 24.0 Å². The van der Waals surface area contributed by atoms with Crippen LogP contribution in [0.4, 0.5) is 10.1 Å². The second-order valence-corrected chi connectivity index (χ2v) is 4.45. The molecular weight excluding hydrogens is 289 g/mol. The number of hydrogen-bond acceptors (Lipinski definition) is 4. The van der Waals surface area contributed by atoms with E-state index in [2.05, 4.69) is 5.32 Å². The Morgan fingerprint density at radius 2 is 2.25 bits per heavy atom. The number of nitro groups is 1. The van der Waals surface area contributed by atoms with Gasteiger partial charge in [-0.3, -0.25) is 14.9 Å². The summed E-state index contributed by atoms with van der Waals surface area (Å²) in [6.07, 6.45) is 0.816. The number of nitrogens with zero attached hydrogens (tertiary/aromatic N) is 2. The van der Waals surface area contributed by atoms with Gasteiger partial charge in [0.2, 0.25) is 0 Å². The van der Waals surface area contributed by atoms with E-state index in [0.717, 1.165) is 18.6 Å². The smallest absolute Gasteiger partial charge is 0.272 e. The number of likely N-dealkylation sites (N-methyl/N-ethyl adjacent to an activating group) is 1. The molecule has 8 heteroatoms. The summed E-state index contributed by atoms with van der Waals surface area (Å²) in [7, 11) is 1.81. The highest BCUT2D eigenvalue weighted by molar-refractivity contribution is 5.95. The number of amides is 1. The number of nitro benzene ring substituents is 1. The van der Waals surface area contributed by atoms with Crippen LogP contribution in [0.5, 0.6) is 0 Å². The summed E-state index contributed by atoms with van der Waals surface area (Å²) >= 11 is 0. The van der Waals surface area contributed by atoms with Gasteiger partial charge in [-0.2, -0.15) is 0 Å². The molecule has 1 fully saturated rings. The van der Waals surface area contributed by atoms with Crippen LogP contribution in [0.1, 0.15) is 16.8 Å². The topological polar surface area (TPSA) is 75.5 Å². The number of hydrogen-bond donors (Lipinski definition) is 1. The van der Waals surface area contributed by atoms with Gasteiger partial charge >= 0.3 is 0 Å². The maximum atomic E-state index is 13.7. The van der Waals surface area contributed by atoms with Crippen LogP contribution in [0.3, 0.4) is 0 Å². The predicted molar refractivity (Wildman–Crippen MR) is 73.7 cm³/mol. The first-order chi connectivity index (χ1) is 9.02. The number of halogens is 2. The Labute approximate surface area is 121 Å². The molecule has 0 aliphatic carbocycles. The van der Waals surface area contributed by atoms with E-state index in [1.807, 2.05) is 7.05 Å². The van der Waals surface area contributed by atoms with Gasteiger partial charge in [0.25, 0.3) is 11.6 Å². The Morgan fingerprint density at radius 1 is 1.55 bits per heavy atom. The SMILES string of the molecule is CNC1CCN(C(=O)c2ccc([N+](=O)[O-])cc2F)C1.Cl. The molecule has 110 valence electrons. The molecule has 1 saturated heterocycles. The van der Waals surface area contributed by atoms with Crippen molar-refractivity contribution in [1.29, 1.82) is 0 Å². The Kier molecular flexibility index (Phi) is 5.41. The minimum atomic E-state index is -0.855. The van der Waals surface area contributed by atoms with Crippen LogP contribution in [0.25, 0.3) is 0 Å². The van der Waals surface area contributed by atoms with Crippen LogP contribution < -0.4 is 5.32 Å². The van der Waals surface area contributed by atoms with Gasteiger partial charge in [0.05, 0.1) is 16.6 Å². The summed E-state index contributed by atoms with van der Waals surface area (Å²) in [6.45, 7) is 1.08. The first kappa shape index (κ1) is 16.3. The molecule has 0 saturated carbocycles. The summed E-state index contributed by atoms with van der Waals surface area (Å²) in [5, 5.41) is 13.6. The maximum absolute atomic E-state index is 13.7. The molecule has 1 amide bonds. The van der Waals surface area contributed by atoms with Gasteiger partial charge in [-0.05, 0) is 19.5 Å². The third-order valence-corrected chi connectivity index (χ3v) is 3.28. The number of carbonyl (C=O) groups excluding carboxylic acids is 1. The molecule has 1 aromatic carbocycles. The minimum Gasteiger partial charge on any atom is -0.337 e. The largest absolute Gasteiger partial charge is 0.337 e. The Morgan fingerprint density at radius 3 is 2.75 bits per heavy atom. The molecule has 0 bridgehead atoms. The molecular formula is C12H15ClFN3O3. The average Bonchev–Trinajstić information content (AvgIpc) is 2.86. The van der Waals surface area contributed by atoms with Crippen LogP contribution in [-0.4, -0.2) is 41.9 Å². The lowest BCUT2D eigenvalue weighted by Gasteiger charge is -2.16. The van der Waals surface area contributed by atoms with Crippen LogP contribution in [0.15, 0.2) is 18.2 Å². The van der Waals surface area contributed by atoms with Gasteiger partial charge in [-0.15, -0.1) is 12.4 Å². The van der Waals surface area contributed by atoms with E-state index in [-0.39, 0.29) is 29.7 Å². The van der Waals surface area contributed by atoms with Crippen molar-refractivity contribution in [2.24, 2.45) is 0 Å². The lowest BCUT2D eigenvalue weighted by molar-refractivity contribution is -0.385. The molecule has 1 aliphatic rings. The van der Waals surface area contributed by atoms with E-state index in [1.54, 1.807) is 4.90 Å². The average molecular weight is 304 g/mol. The number of carbonyl (C=O) groups is 1. The zero-order chi connectivity index (χ0) is 14.0. The van der Waals surface area contributed by atoms with E-state index in [9.17, 15) is 19.3 Å². The van der Waals surface area contributed by atoms with Crippen molar-refractivity contribution in [3.05, 3.63) is 39.7 Å². The zero-order valence-electron chi connectivity index (χ0n) is 10.8. The molecule has 1 unspecified atom stereocenters. The normalized spacial score (nSPS) is 17.7. The lowest BCUT2D eigenvalue weighted by Crippen LogP contribution is -2.33. The third-order valence-electron chi connectivity index (χ3n) is 3.28. The van der Waals surface area contributed by atoms with E-state index in [1.165, 1.54) is 6.07 Å². The number of non-ortho nitro benzene ring substituents is 1. The van der Waals surface area contributed by atoms with Gasteiger partial charge in [0.15, 0.2) is 0 Å². The maximum Gasteiger partial charge on any atom is 0.272 e. The highest BCUT2D eigenvalue weighted by Crippen LogP contribution is 2.20. The monoisotopic (exact) mass is 303 g/mol. The van der Waals surface area contributed by atoms with Crippen molar-refractivity contribution in [2.75, 3.05) is 20.1 Å². The quantitative estimate of drug-likeness (QED) is 0.679. The molecule has 6 nitrogen and oxygen atoms in total. The van der Waals surface area contributed by atoms with Crippen molar-refractivity contribution in [3.8, 4) is 0 Å². The molecule has 2 rings (SSSR count). The molecule has 0 aromatic heterocycles. The van der Waals surface area contributed by atoms with Gasteiger partial charge in [-0.1, -0.05) is 0 Å². The Balaban J connectivity index is 0.00000200. The fourth-order valence-electron chi connectivity index (χ4n) is 2.14. The fraction of sp³-hybridized carbons (Fsp3) is 0.417. The summed E-state index contributed by atoms with van der Waals surface area (Å²) in [6, 6.07) is 3.30. The summed E-state index contributed by atoms with van der Waals surface area (Å²) in [5.41, 5.74) is -0.481. The molecule has 1 heterocycles. The lowest BCUT2D eigenvalue weighted by atomic mass is 10.1. The molecule has 0 spiro atoms. The van der Waals surface area contributed by atoms with Gasteiger partial charge < -0.3 is 10.2 Å². The zero-order valence-corrected chi connectivity index (χ0v) is 11.7. The van der Waals surface area contributed by atoms with Gasteiger partial charge in [-0.25, -0.2) is 4.39 Å². The molecule has 1 aliphatic heterocycles. The second-order valence-electron chi connectivity index (χ2n) is 4.45. The first-order valence-corrected chi connectivity index (χ1v) is 5.93. The number of likely N-dealkylation sites (tertiary alicyclic amines) is 1. The Hall–Kier alpha value is -1.73. The highest BCUT2D eigenvalue weighted by Gasteiger charge is 2.28. The molecule has 0 radical (unpaired) electrons. The van der Waals surface area contributed by atoms with Crippen LogP contribution >= 0.6 is 12.4 Å². The van der Waals surface area contributed by atoms with Crippen LogP contribution in [0, 0.1) is 15.9 Å².